The normalized spacial score (nSPS) is 11.1. The van der Waals surface area contributed by atoms with E-state index in [9.17, 15) is 0 Å². The van der Waals surface area contributed by atoms with Crippen molar-refractivity contribution in [2.24, 2.45) is 0 Å². The molecule has 2 aromatic heterocycles. The van der Waals surface area contributed by atoms with Gasteiger partial charge < -0.3 is 15.1 Å². The first-order valence-corrected chi connectivity index (χ1v) is 5.11. The van der Waals surface area contributed by atoms with Gasteiger partial charge in [0.15, 0.2) is 5.95 Å². The summed E-state index contributed by atoms with van der Waals surface area (Å²) in [7, 11) is 0. The Kier molecular flexibility index (Phi) is 1.91. The molecule has 0 aliphatic rings. The highest BCUT2D eigenvalue weighted by Gasteiger charge is 2.14. The Hall–Kier alpha value is -1.94. The molecule has 0 bridgehead atoms. The number of hydrogen-bond acceptors (Lipinski definition) is 3. The zero-order valence-corrected chi connectivity index (χ0v) is 8.95. The smallest absolute Gasteiger partial charge is 0.199 e. The Morgan fingerprint density at radius 2 is 2.12 bits per heavy atom. The van der Waals surface area contributed by atoms with Crippen LogP contribution in [0.2, 0.25) is 5.15 Å². The lowest BCUT2D eigenvalue weighted by atomic mass is 10.1. The number of halogens is 1. The van der Waals surface area contributed by atoms with E-state index in [0.717, 1.165) is 16.5 Å². The van der Waals surface area contributed by atoms with Gasteiger partial charge in [-0.2, -0.15) is 0 Å². The molecule has 1 aromatic carbocycles. The lowest BCUT2D eigenvalue weighted by Crippen LogP contribution is -1.85. The zero-order valence-electron chi connectivity index (χ0n) is 8.20. The summed E-state index contributed by atoms with van der Waals surface area (Å²) < 4.78 is 5.41. The molecular formula is C11H8ClN3O. The van der Waals surface area contributed by atoms with Crippen LogP contribution in [0.3, 0.4) is 0 Å². The molecule has 3 N–H and O–H groups in total. The van der Waals surface area contributed by atoms with Crippen LogP contribution >= 0.6 is 11.6 Å². The molecule has 0 saturated heterocycles. The summed E-state index contributed by atoms with van der Waals surface area (Å²) in [4.78, 5) is 6.88. The van der Waals surface area contributed by atoms with Gasteiger partial charge in [0.05, 0.1) is 0 Å². The summed E-state index contributed by atoms with van der Waals surface area (Å²) in [6, 6.07) is 7.69. The first-order valence-electron chi connectivity index (χ1n) is 4.73. The number of benzene rings is 1. The maximum atomic E-state index is 6.00. The lowest BCUT2D eigenvalue weighted by Gasteiger charge is -1.92. The second-order valence-corrected chi connectivity index (χ2v) is 3.81. The van der Waals surface area contributed by atoms with E-state index in [0.29, 0.717) is 16.8 Å². The molecule has 0 aliphatic carbocycles. The van der Waals surface area contributed by atoms with E-state index in [4.69, 9.17) is 21.8 Å². The minimum Gasteiger partial charge on any atom is -0.464 e. The predicted octanol–water partition coefficient (Wildman–Crippen LogP) is 3.06. The van der Waals surface area contributed by atoms with E-state index in [1.165, 1.54) is 0 Å². The molecule has 2 heterocycles. The number of aromatic nitrogens is 2. The largest absolute Gasteiger partial charge is 0.464 e. The van der Waals surface area contributed by atoms with E-state index in [1.54, 1.807) is 6.26 Å². The van der Waals surface area contributed by atoms with E-state index < -0.39 is 0 Å². The molecule has 5 heteroatoms. The van der Waals surface area contributed by atoms with Crippen molar-refractivity contribution in [1.29, 1.82) is 0 Å². The van der Waals surface area contributed by atoms with Crippen molar-refractivity contribution in [2.45, 2.75) is 0 Å². The number of furan rings is 1. The fraction of sp³-hybridized carbons (Fsp3) is 0. The van der Waals surface area contributed by atoms with Gasteiger partial charge in [0, 0.05) is 10.9 Å². The van der Waals surface area contributed by atoms with Gasteiger partial charge in [-0.25, -0.2) is 4.98 Å². The maximum absolute atomic E-state index is 6.00. The van der Waals surface area contributed by atoms with Crippen LogP contribution in [0.4, 0.5) is 5.95 Å². The van der Waals surface area contributed by atoms with Gasteiger partial charge in [-0.05, 0) is 6.07 Å². The summed E-state index contributed by atoms with van der Waals surface area (Å²) in [5.41, 5.74) is 7.81. The summed E-state index contributed by atoms with van der Waals surface area (Å²) in [6.45, 7) is 0. The number of fused-ring (bicyclic) bond motifs is 1. The zero-order chi connectivity index (χ0) is 11.1. The van der Waals surface area contributed by atoms with Gasteiger partial charge in [0.2, 0.25) is 0 Å². The number of nitrogens with zero attached hydrogens (tertiary/aromatic N) is 1. The van der Waals surface area contributed by atoms with Gasteiger partial charge in [-0.3, -0.25) is 0 Å². The van der Waals surface area contributed by atoms with Crippen LogP contribution in [0, 0.1) is 0 Å². The minimum atomic E-state index is 0.297. The van der Waals surface area contributed by atoms with Crippen LogP contribution in [0.25, 0.3) is 22.2 Å². The van der Waals surface area contributed by atoms with Crippen LogP contribution in [0.5, 0.6) is 0 Å². The quantitative estimate of drug-likeness (QED) is 0.679. The Bertz CT molecular complexity index is 656. The van der Waals surface area contributed by atoms with Crippen LogP contribution in [-0.4, -0.2) is 9.97 Å². The van der Waals surface area contributed by atoms with Crippen molar-refractivity contribution < 1.29 is 4.42 Å². The standard InChI is InChI=1S/C11H8ClN3O/c12-10-9(14-11(13)15-10)7-5-16-8-4-2-1-3-6(7)8/h1-5H,(H3,13,14,15). The van der Waals surface area contributed by atoms with Crippen molar-refractivity contribution >= 4 is 28.5 Å². The highest BCUT2D eigenvalue weighted by Crippen LogP contribution is 2.33. The summed E-state index contributed by atoms with van der Waals surface area (Å²) in [6.07, 6.45) is 1.63. The van der Waals surface area contributed by atoms with Crippen molar-refractivity contribution in [2.75, 3.05) is 5.73 Å². The average Bonchev–Trinajstić information content (AvgIpc) is 2.81. The monoisotopic (exact) mass is 233 g/mol. The number of rotatable bonds is 1. The van der Waals surface area contributed by atoms with Crippen LogP contribution in [0.1, 0.15) is 0 Å². The fourth-order valence-electron chi connectivity index (χ4n) is 1.71. The van der Waals surface area contributed by atoms with E-state index in [1.807, 2.05) is 24.3 Å². The number of para-hydroxylation sites is 1. The number of nitrogen functional groups attached to an aromatic ring is 1. The summed E-state index contributed by atoms with van der Waals surface area (Å²) in [5.74, 6) is 0.297. The maximum Gasteiger partial charge on any atom is 0.199 e. The molecule has 0 amide bonds. The summed E-state index contributed by atoms with van der Waals surface area (Å²) in [5, 5.41) is 1.39. The third-order valence-electron chi connectivity index (χ3n) is 2.41. The lowest BCUT2D eigenvalue weighted by molar-refractivity contribution is 0.617. The van der Waals surface area contributed by atoms with Crippen LogP contribution < -0.4 is 5.73 Å². The number of nitrogens with one attached hydrogen (secondary N) is 1. The average molecular weight is 234 g/mol. The molecule has 0 atom stereocenters. The van der Waals surface area contributed by atoms with E-state index >= 15 is 0 Å². The Balaban J connectivity index is 2.30. The minimum absolute atomic E-state index is 0.297. The van der Waals surface area contributed by atoms with Gasteiger partial charge >= 0.3 is 0 Å². The molecule has 0 radical (unpaired) electrons. The first kappa shape index (κ1) is 9.30. The third-order valence-corrected chi connectivity index (χ3v) is 2.69. The summed E-state index contributed by atoms with van der Waals surface area (Å²) >= 11 is 6.00. The van der Waals surface area contributed by atoms with Gasteiger partial charge in [0.1, 0.15) is 22.7 Å². The SMILES string of the molecule is Nc1nc(-c2coc3ccccc23)c(Cl)[nH]1. The van der Waals surface area contributed by atoms with E-state index in [2.05, 4.69) is 9.97 Å². The predicted molar refractivity (Wildman–Crippen MR) is 63.2 cm³/mol. The molecule has 4 nitrogen and oxygen atoms in total. The molecule has 0 unspecified atom stereocenters. The number of anilines is 1. The van der Waals surface area contributed by atoms with Gasteiger partial charge in [-0.1, -0.05) is 29.8 Å². The first-order chi connectivity index (χ1) is 7.75. The van der Waals surface area contributed by atoms with Crippen molar-refractivity contribution in [3.63, 3.8) is 0 Å². The van der Waals surface area contributed by atoms with Crippen LogP contribution in [0.15, 0.2) is 34.9 Å². The molecular weight excluding hydrogens is 226 g/mol. The van der Waals surface area contributed by atoms with Crippen molar-refractivity contribution in [1.82, 2.24) is 9.97 Å². The molecule has 3 rings (SSSR count). The Morgan fingerprint density at radius 1 is 1.31 bits per heavy atom. The second kappa shape index (κ2) is 3.28. The van der Waals surface area contributed by atoms with Crippen molar-refractivity contribution in [3.8, 4) is 11.3 Å². The Morgan fingerprint density at radius 3 is 2.88 bits per heavy atom. The van der Waals surface area contributed by atoms with Crippen molar-refractivity contribution in [3.05, 3.63) is 35.7 Å². The molecule has 80 valence electrons. The Labute approximate surface area is 96.0 Å². The third kappa shape index (κ3) is 1.27. The molecule has 0 aliphatic heterocycles. The highest BCUT2D eigenvalue weighted by atomic mass is 35.5. The van der Waals surface area contributed by atoms with Crippen LogP contribution in [-0.2, 0) is 0 Å². The van der Waals surface area contributed by atoms with Gasteiger partial charge in [0.25, 0.3) is 0 Å². The molecule has 0 saturated carbocycles. The topological polar surface area (TPSA) is 67.8 Å². The van der Waals surface area contributed by atoms with Gasteiger partial charge in [-0.15, -0.1) is 0 Å². The number of H-pyrrole nitrogens is 1. The van der Waals surface area contributed by atoms with E-state index in [-0.39, 0.29) is 0 Å². The number of imidazole rings is 1. The number of nitrogens with two attached hydrogens (primary N) is 1. The molecule has 16 heavy (non-hydrogen) atoms. The molecule has 3 aromatic rings. The molecule has 0 spiro atoms. The second-order valence-electron chi connectivity index (χ2n) is 3.43. The number of hydrogen-bond donors (Lipinski definition) is 2. The highest BCUT2D eigenvalue weighted by molar-refractivity contribution is 6.32. The molecule has 0 fully saturated rings. The fourth-order valence-corrected chi connectivity index (χ4v) is 1.95. The number of aromatic amines is 1.